The molecule has 0 unspecified atom stereocenters. The fourth-order valence-corrected chi connectivity index (χ4v) is 4.13. The molecule has 0 fully saturated rings. The van der Waals surface area contributed by atoms with E-state index in [9.17, 15) is 18.3 Å². The smallest absolute Gasteiger partial charge is 0.341 e. The predicted molar refractivity (Wildman–Crippen MR) is 102 cm³/mol. The van der Waals surface area contributed by atoms with Crippen LogP contribution in [0, 0.1) is 0 Å². The number of phenolic OH excluding ortho intramolecular Hbond substituents is 1. The van der Waals surface area contributed by atoms with Crippen LogP contribution in [-0.2, 0) is 20.3 Å². The first-order valence-electron chi connectivity index (χ1n) is 8.19. The van der Waals surface area contributed by atoms with E-state index in [-0.39, 0.29) is 22.0 Å². The number of aromatic hydroxyl groups is 1. The summed E-state index contributed by atoms with van der Waals surface area (Å²) in [6.45, 7) is 0. The van der Waals surface area contributed by atoms with Crippen LogP contribution < -0.4 is 0 Å². The van der Waals surface area contributed by atoms with Gasteiger partial charge in [-0.05, 0) is 41.0 Å². The summed E-state index contributed by atoms with van der Waals surface area (Å²) in [5, 5.41) is 9.96. The molecule has 1 N–H and O–H groups in total. The van der Waals surface area contributed by atoms with E-state index >= 15 is 0 Å². The molecule has 0 radical (unpaired) electrons. The second-order valence-electron chi connectivity index (χ2n) is 6.00. The van der Waals surface area contributed by atoms with Gasteiger partial charge in [-0.1, -0.05) is 48.5 Å². The Morgan fingerprint density at radius 3 is 2.30 bits per heavy atom. The number of phenols is 1. The molecule has 138 valence electrons. The number of hydrogen-bond acceptors (Lipinski definition) is 5. The van der Waals surface area contributed by atoms with E-state index in [1.807, 2.05) is 36.4 Å². The van der Waals surface area contributed by atoms with Gasteiger partial charge in [0.05, 0.1) is 17.8 Å². The third-order valence-corrected chi connectivity index (χ3v) is 5.81. The monoisotopic (exact) mass is 382 g/mol. The lowest BCUT2D eigenvalue weighted by atomic mass is 10.1. The van der Waals surface area contributed by atoms with Crippen LogP contribution in [0.25, 0.3) is 11.1 Å². The lowest BCUT2D eigenvalue weighted by Gasteiger charge is -2.09. The van der Waals surface area contributed by atoms with Gasteiger partial charge in [0.2, 0.25) is 0 Å². The van der Waals surface area contributed by atoms with Gasteiger partial charge in [-0.2, -0.15) is 0 Å². The second-order valence-corrected chi connectivity index (χ2v) is 7.99. The Morgan fingerprint density at radius 2 is 1.63 bits per heavy atom. The Kier molecular flexibility index (Phi) is 5.28. The van der Waals surface area contributed by atoms with Crippen molar-refractivity contribution in [1.29, 1.82) is 0 Å². The molecule has 3 aromatic carbocycles. The molecule has 27 heavy (non-hydrogen) atoms. The fraction of sp³-hybridized carbons (Fsp3) is 0.0952. The molecule has 3 rings (SSSR count). The first-order chi connectivity index (χ1) is 12.9. The minimum Gasteiger partial charge on any atom is -0.507 e. The highest BCUT2D eigenvalue weighted by molar-refractivity contribution is 7.90. The molecule has 0 aliphatic heterocycles. The summed E-state index contributed by atoms with van der Waals surface area (Å²) < 4.78 is 30.2. The Bertz CT molecular complexity index is 1070. The third-order valence-electron chi connectivity index (χ3n) is 4.12. The SMILES string of the molecule is COC(=O)c1ccc(CS(=O)(=O)c2cccc(-c3ccccc3)c2)cc1O. The quantitative estimate of drug-likeness (QED) is 0.679. The molecule has 0 aliphatic rings. The minimum absolute atomic E-state index is 0.00952. The van der Waals surface area contributed by atoms with Crippen molar-refractivity contribution in [1.82, 2.24) is 0 Å². The van der Waals surface area contributed by atoms with Crippen LogP contribution in [0.1, 0.15) is 15.9 Å². The summed E-state index contributed by atoms with van der Waals surface area (Å²) >= 11 is 0. The molecular formula is C21H18O5S. The molecule has 0 aliphatic carbocycles. The van der Waals surface area contributed by atoms with Crippen LogP contribution >= 0.6 is 0 Å². The Hall–Kier alpha value is -3.12. The second kappa shape index (κ2) is 7.63. The molecule has 0 atom stereocenters. The van der Waals surface area contributed by atoms with E-state index in [1.54, 1.807) is 18.2 Å². The summed E-state index contributed by atoms with van der Waals surface area (Å²) in [6, 6.07) is 20.3. The van der Waals surface area contributed by atoms with Crippen molar-refractivity contribution in [3.05, 3.63) is 83.9 Å². The summed E-state index contributed by atoms with van der Waals surface area (Å²) in [4.78, 5) is 11.7. The number of sulfone groups is 1. The number of esters is 1. The van der Waals surface area contributed by atoms with E-state index < -0.39 is 15.8 Å². The molecule has 0 aromatic heterocycles. The molecule has 3 aromatic rings. The molecule has 0 heterocycles. The Labute approximate surface area is 157 Å². The van der Waals surface area contributed by atoms with Crippen molar-refractivity contribution in [3.63, 3.8) is 0 Å². The molecule has 5 nitrogen and oxygen atoms in total. The molecule has 0 amide bonds. The molecule has 0 bridgehead atoms. The Balaban J connectivity index is 1.89. The zero-order chi connectivity index (χ0) is 19.4. The van der Waals surface area contributed by atoms with Crippen LogP contribution in [-0.4, -0.2) is 26.6 Å². The predicted octanol–water partition coefficient (Wildman–Crippen LogP) is 3.82. The van der Waals surface area contributed by atoms with Gasteiger partial charge in [-0.3, -0.25) is 0 Å². The first-order valence-corrected chi connectivity index (χ1v) is 9.84. The van der Waals surface area contributed by atoms with Crippen molar-refractivity contribution < 1.29 is 23.1 Å². The summed E-state index contributed by atoms with van der Waals surface area (Å²) in [5.41, 5.74) is 2.10. The zero-order valence-electron chi connectivity index (χ0n) is 14.6. The topological polar surface area (TPSA) is 80.7 Å². The molecule has 0 saturated heterocycles. The van der Waals surface area contributed by atoms with E-state index in [2.05, 4.69) is 4.74 Å². The summed E-state index contributed by atoms with van der Waals surface area (Å²) in [7, 11) is -2.42. The average molecular weight is 382 g/mol. The lowest BCUT2D eigenvalue weighted by molar-refractivity contribution is 0.0597. The average Bonchev–Trinajstić information content (AvgIpc) is 2.68. The van der Waals surface area contributed by atoms with Gasteiger partial charge < -0.3 is 9.84 Å². The number of carbonyl (C=O) groups is 1. The van der Waals surface area contributed by atoms with Gasteiger partial charge >= 0.3 is 5.97 Å². The van der Waals surface area contributed by atoms with Gasteiger partial charge in [0, 0.05) is 0 Å². The van der Waals surface area contributed by atoms with E-state index in [4.69, 9.17) is 0 Å². The normalized spacial score (nSPS) is 11.1. The maximum absolute atomic E-state index is 12.8. The standard InChI is InChI=1S/C21H18O5S/c1-26-21(23)19-11-10-15(12-20(19)22)14-27(24,25)18-9-5-8-17(13-18)16-6-3-2-4-7-16/h2-13,22H,14H2,1H3. The lowest BCUT2D eigenvalue weighted by Crippen LogP contribution is -2.06. The van der Waals surface area contributed by atoms with Crippen molar-refractivity contribution in [2.75, 3.05) is 7.11 Å². The zero-order valence-corrected chi connectivity index (χ0v) is 15.4. The van der Waals surface area contributed by atoms with Crippen LogP contribution in [0.3, 0.4) is 0 Å². The van der Waals surface area contributed by atoms with Gasteiger partial charge in [0.25, 0.3) is 0 Å². The minimum atomic E-state index is -3.63. The van der Waals surface area contributed by atoms with Crippen LogP contribution in [0.4, 0.5) is 0 Å². The summed E-state index contributed by atoms with van der Waals surface area (Å²) in [6.07, 6.45) is 0. The van der Waals surface area contributed by atoms with Crippen molar-refractivity contribution >= 4 is 15.8 Å². The van der Waals surface area contributed by atoms with Crippen molar-refractivity contribution in [2.24, 2.45) is 0 Å². The van der Waals surface area contributed by atoms with Gasteiger partial charge in [0.15, 0.2) is 9.84 Å². The number of benzene rings is 3. The van der Waals surface area contributed by atoms with Crippen LogP contribution in [0.2, 0.25) is 0 Å². The highest BCUT2D eigenvalue weighted by atomic mass is 32.2. The summed E-state index contributed by atoms with van der Waals surface area (Å²) in [5.74, 6) is -1.29. The maximum atomic E-state index is 12.8. The third kappa shape index (κ3) is 4.17. The molecule has 0 saturated carbocycles. The van der Waals surface area contributed by atoms with E-state index in [0.717, 1.165) is 11.1 Å². The first kappa shape index (κ1) is 18.7. The highest BCUT2D eigenvalue weighted by Crippen LogP contribution is 2.26. The number of carbonyl (C=O) groups excluding carboxylic acids is 1. The van der Waals surface area contributed by atoms with E-state index in [1.165, 1.54) is 25.3 Å². The van der Waals surface area contributed by atoms with Crippen molar-refractivity contribution in [2.45, 2.75) is 10.6 Å². The van der Waals surface area contributed by atoms with Crippen LogP contribution in [0.5, 0.6) is 5.75 Å². The van der Waals surface area contributed by atoms with Gasteiger partial charge in [0.1, 0.15) is 11.3 Å². The van der Waals surface area contributed by atoms with Crippen LogP contribution in [0.15, 0.2) is 77.7 Å². The van der Waals surface area contributed by atoms with Gasteiger partial charge in [-0.15, -0.1) is 0 Å². The number of rotatable bonds is 5. The molecular weight excluding hydrogens is 364 g/mol. The van der Waals surface area contributed by atoms with E-state index in [0.29, 0.717) is 5.56 Å². The maximum Gasteiger partial charge on any atom is 0.341 e. The number of hydrogen-bond donors (Lipinski definition) is 1. The largest absolute Gasteiger partial charge is 0.507 e. The number of methoxy groups -OCH3 is 1. The highest BCUT2D eigenvalue weighted by Gasteiger charge is 2.18. The van der Waals surface area contributed by atoms with Crippen molar-refractivity contribution in [3.8, 4) is 16.9 Å². The number of ether oxygens (including phenoxy) is 1. The molecule has 0 spiro atoms. The molecule has 6 heteroatoms. The fourth-order valence-electron chi connectivity index (χ4n) is 2.75. The Morgan fingerprint density at radius 1 is 0.926 bits per heavy atom. The van der Waals surface area contributed by atoms with Gasteiger partial charge in [-0.25, -0.2) is 13.2 Å².